The summed E-state index contributed by atoms with van der Waals surface area (Å²) in [7, 11) is 0. The van der Waals surface area contributed by atoms with Gasteiger partial charge in [-0.05, 0) is 73.5 Å². The van der Waals surface area contributed by atoms with E-state index in [2.05, 4.69) is 25.7 Å². The van der Waals surface area contributed by atoms with Crippen LogP contribution in [-0.2, 0) is 11.0 Å². The Labute approximate surface area is 222 Å². The molecule has 5 rings (SSSR count). The van der Waals surface area contributed by atoms with Crippen LogP contribution in [0.25, 0.3) is 17.0 Å². The van der Waals surface area contributed by atoms with E-state index in [9.17, 15) is 18.0 Å². The molecule has 0 bridgehead atoms. The average molecular weight is 532 g/mol. The molecule has 0 spiro atoms. The number of benzene rings is 1. The number of nitrogens with one attached hydrogen (secondary N) is 2. The number of carbonyl (C=O) groups excluding carboxylic acids is 1. The van der Waals surface area contributed by atoms with Crippen molar-refractivity contribution in [1.82, 2.24) is 25.7 Å². The zero-order valence-corrected chi connectivity index (χ0v) is 21.0. The first kappa shape index (κ1) is 26.1. The van der Waals surface area contributed by atoms with Crippen molar-refractivity contribution >= 4 is 11.6 Å². The summed E-state index contributed by atoms with van der Waals surface area (Å²) in [6.07, 6.45) is 1.48. The Morgan fingerprint density at radius 2 is 1.82 bits per heavy atom. The number of hydrogen-bond donors (Lipinski definition) is 2. The predicted octanol–water partition coefficient (Wildman–Crippen LogP) is 5.97. The fourth-order valence-electron chi connectivity index (χ4n) is 4.08. The van der Waals surface area contributed by atoms with Crippen molar-refractivity contribution in [3.63, 3.8) is 0 Å². The van der Waals surface area contributed by atoms with Crippen molar-refractivity contribution in [3.8, 4) is 11.3 Å². The van der Waals surface area contributed by atoms with E-state index >= 15 is 0 Å². The number of aromatic nitrogens is 3. The molecular formula is C29H24F3N5O2. The number of aryl methyl sites for hydroxylation is 1. The summed E-state index contributed by atoms with van der Waals surface area (Å²) in [4.78, 5) is 31.4. The van der Waals surface area contributed by atoms with Crippen LogP contribution in [0.15, 0.2) is 85.3 Å². The lowest BCUT2D eigenvalue weighted by atomic mass is 9.99. The van der Waals surface area contributed by atoms with Crippen molar-refractivity contribution in [2.45, 2.75) is 32.2 Å². The molecule has 2 atom stereocenters. The number of carbonyl (C=O) groups is 1. The highest BCUT2D eigenvalue weighted by molar-refractivity contribution is 5.96. The smallest absolute Gasteiger partial charge is 0.345 e. The van der Waals surface area contributed by atoms with E-state index in [1.807, 2.05) is 49.4 Å². The van der Waals surface area contributed by atoms with Gasteiger partial charge in [0.25, 0.3) is 5.91 Å². The number of nitrogens with zero attached hydrogens (tertiary/aromatic N) is 3. The Bertz CT molecular complexity index is 1510. The van der Waals surface area contributed by atoms with Crippen LogP contribution in [0.3, 0.4) is 0 Å². The lowest BCUT2D eigenvalue weighted by molar-refractivity contribution is -0.141. The minimum Gasteiger partial charge on any atom is -0.345 e. The second-order valence-corrected chi connectivity index (χ2v) is 9.16. The van der Waals surface area contributed by atoms with Gasteiger partial charge in [0.1, 0.15) is 11.8 Å². The molecule has 4 heterocycles. The van der Waals surface area contributed by atoms with Crippen LogP contribution >= 0.6 is 0 Å². The van der Waals surface area contributed by atoms with Crippen LogP contribution in [0.1, 0.15) is 57.5 Å². The van der Waals surface area contributed by atoms with Crippen molar-refractivity contribution in [2.75, 3.05) is 0 Å². The van der Waals surface area contributed by atoms with Crippen LogP contribution in [0, 0.1) is 6.92 Å². The van der Waals surface area contributed by atoms with Gasteiger partial charge in [0.05, 0.1) is 23.1 Å². The molecule has 39 heavy (non-hydrogen) atoms. The summed E-state index contributed by atoms with van der Waals surface area (Å²) in [6, 6.07) is 16.3. The standard InChI is InChI=1S/C29H24F3N5O2/c1-17-6-8-23(34-15-17)20-11-21(25-14-26(39-37-25)24-5-3-4-10-33-24)13-22(12-20)28(38)36-18(2)19-7-9-27(35-16-19)29(30,31)32/h3-16,18,26,37H,1-2H3,(H,36,38). The highest BCUT2D eigenvalue weighted by atomic mass is 19.4. The molecule has 3 aromatic heterocycles. The molecule has 10 heteroatoms. The Hall–Kier alpha value is -4.57. The maximum atomic E-state index is 13.3. The van der Waals surface area contributed by atoms with Gasteiger partial charge < -0.3 is 5.32 Å². The molecule has 0 radical (unpaired) electrons. The second kappa shape index (κ2) is 10.7. The normalized spacial score (nSPS) is 15.8. The summed E-state index contributed by atoms with van der Waals surface area (Å²) in [5.74, 6) is -0.404. The van der Waals surface area contributed by atoms with Crippen molar-refractivity contribution in [3.05, 3.63) is 119 Å². The third-order valence-electron chi connectivity index (χ3n) is 6.23. The first-order chi connectivity index (χ1) is 18.7. The molecule has 1 aliphatic heterocycles. The van der Waals surface area contributed by atoms with Crippen molar-refractivity contribution in [1.29, 1.82) is 0 Å². The molecule has 1 amide bonds. The Morgan fingerprint density at radius 3 is 2.49 bits per heavy atom. The maximum absolute atomic E-state index is 13.3. The van der Waals surface area contributed by atoms with Crippen LogP contribution in [0.5, 0.6) is 0 Å². The summed E-state index contributed by atoms with van der Waals surface area (Å²) in [5, 5.41) is 2.85. The molecule has 4 aromatic rings. The summed E-state index contributed by atoms with van der Waals surface area (Å²) >= 11 is 0. The van der Waals surface area contributed by atoms with Gasteiger partial charge in [-0.25, -0.2) is 0 Å². The Balaban J connectivity index is 1.45. The molecule has 0 aliphatic carbocycles. The highest BCUT2D eigenvalue weighted by Crippen LogP contribution is 2.31. The van der Waals surface area contributed by atoms with E-state index in [0.717, 1.165) is 23.5 Å². The number of rotatable bonds is 6. The zero-order chi connectivity index (χ0) is 27.6. The zero-order valence-electron chi connectivity index (χ0n) is 21.0. The van der Waals surface area contributed by atoms with Gasteiger partial charge in [-0.2, -0.15) is 13.2 Å². The number of hydroxylamine groups is 1. The van der Waals surface area contributed by atoms with E-state index in [1.54, 1.807) is 31.5 Å². The van der Waals surface area contributed by atoms with Gasteiger partial charge in [0, 0.05) is 35.3 Å². The summed E-state index contributed by atoms with van der Waals surface area (Å²) in [6.45, 7) is 3.62. The summed E-state index contributed by atoms with van der Waals surface area (Å²) < 4.78 is 38.6. The largest absolute Gasteiger partial charge is 0.433 e. The Morgan fingerprint density at radius 1 is 1.00 bits per heavy atom. The van der Waals surface area contributed by atoms with Crippen molar-refractivity contribution in [2.24, 2.45) is 0 Å². The van der Waals surface area contributed by atoms with Gasteiger partial charge in [-0.15, -0.1) is 0 Å². The molecular weight excluding hydrogens is 507 g/mol. The molecule has 2 unspecified atom stereocenters. The molecule has 198 valence electrons. The first-order valence-electron chi connectivity index (χ1n) is 12.1. The van der Waals surface area contributed by atoms with Gasteiger partial charge in [0.2, 0.25) is 0 Å². The fourth-order valence-corrected chi connectivity index (χ4v) is 4.08. The van der Waals surface area contributed by atoms with Gasteiger partial charge in [-0.3, -0.25) is 30.1 Å². The highest BCUT2D eigenvalue weighted by Gasteiger charge is 2.32. The monoisotopic (exact) mass is 531 g/mol. The fraction of sp³-hybridized carbons (Fsp3) is 0.172. The predicted molar refractivity (Wildman–Crippen MR) is 139 cm³/mol. The second-order valence-electron chi connectivity index (χ2n) is 9.16. The van der Waals surface area contributed by atoms with Crippen LogP contribution < -0.4 is 10.8 Å². The molecule has 0 fully saturated rings. The molecule has 0 saturated heterocycles. The van der Waals surface area contributed by atoms with Crippen molar-refractivity contribution < 1.29 is 22.8 Å². The lowest BCUT2D eigenvalue weighted by Crippen LogP contribution is -2.27. The van der Waals surface area contributed by atoms with E-state index in [-0.39, 0.29) is 0 Å². The van der Waals surface area contributed by atoms with E-state index in [1.165, 1.54) is 6.07 Å². The minimum atomic E-state index is -4.53. The molecule has 1 aromatic carbocycles. The number of hydrogen-bond acceptors (Lipinski definition) is 6. The quantitative estimate of drug-likeness (QED) is 0.319. The topological polar surface area (TPSA) is 89.0 Å². The summed E-state index contributed by atoms with van der Waals surface area (Å²) in [5.41, 5.74) is 7.21. The SMILES string of the molecule is Cc1ccc(-c2cc(C(=O)NC(C)c3ccc(C(F)(F)F)nc3)cc(C3=CC(c4ccccn4)ON3)c2)nc1. The van der Waals surface area contributed by atoms with E-state index in [0.29, 0.717) is 33.6 Å². The number of alkyl halides is 3. The maximum Gasteiger partial charge on any atom is 0.433 e. The van der Waals surface area contributed by atoms with Crippen LogP contribution in [0.4, 0.5) is 13.2 Å². The van der Waals surface area contributed by atoms with Crippen LogP contribution in [0.2, 0.25) is 0 Å². The van der Waals surface area contributed by atoms with E-state index in [4.69, 9.17) is 4.84 Å². The van der Waals surface area contributed by atoms with Gasteiger partial charge in [-0.1, -0.05) is 18.2 Å². The van der Waals surface area contributed by atoms with Gasteiger partial charge in [0.15, 0.2) is 0 Å². The number of amides is 1. The molecule has 2 N–H and O–H groups in total. The first-order valence-corrected chi connectivity index (χ1v) is 12.1. The van der Waals surface area contributed by atoms with E-state index < -0.39 is 29.9 Å². The van der Waals surface area contributed by atoms with Gasteiger partial charge >= 0.3 is 6.18 Å². The third-order valence-corrected chi connectivity index (χ3v) is 6.23. The molecule has 7 nitrogen and oxygen atoms in total. The minimum absolute atomic E-state index is 0.348. The lowest BCUT2D eigenvalue weighted by Gasteiger charge is -2.16. The number of pyridine rings is 3. The molecule has 1 aliphatic rings. The molecule has 0 saturated carbocycles. The van der Waals surface area contributed by atoms with Crippen LogP contribution in [-0.4, -0.2) is 20.9 Å². The Kier molecular flexibility index (Phi) is 7.12. The number of halogens is 3. The third kappa shape index (κ3) is 5.96. The average Bonchev–Trinajstić information content (AvgIpc) is 3.44.